The Morgan fingerprint density at radius 1 is 0.225 bits per heavy atom. The van der Waals surface area contributed by atoms with E-state index in [-0.39, 0.29) is 0 Å². The van der Waals surface area contributed by atoms with E-state index in [1.807, 2.05) is 87.4 Å². The van der Waals surface area contributed by atoms with Gasteiger partial charge in [0.25, 0.3) is 0 Å². The Morgan fingerprint density at radius 2 is 0.520 bits per heavy atom. The zero-order valence-electron chi connectivity index (χ0n) is 75.5. The summed E-state index contributed by atoms with van der Waals surface area (Å²) in [6, 6.07) is 54.7. The fraction of sp³-hybridized carbons (Fsp3) is 0.312. The molecule has 528 valence electrons. The van der Waals surface area contributed by atoms with Gasteiger partial charge in [-0.2, -0.15) is 9.13 Å². The van der Waals surface area contributed by atoms with Gasteiger partial charge >= 0.3 is 0 Å². The Kier molecular flexibility index (Phi) is 22.7. The number of aryl methyl sites for hydroxylation is 26. The molecule has 12 rings (SSSR count). The third-order valence-electron chi connectivity index (χ3n) is 20.4. The summed E-state index contributed by atoms with van der Waals surface area (Å²) in [4.78, 5) is 0. The van der Waals surface area contributed by atoms with E-state index in [1.165, 1.54) is 140 Å². The molecule has 12 aromatic rings. The van der Waals surface area contributed by atoms with E-state index in [2.05, 4.69) is 287 Å². The summed E-state index contributed by atoms with van der Waals surface area (Å²) >= 11 is 0. The molecule has 0 aliphatic carbocycles. The smallest absolute Gasteiger partial charge is 0.201 e. The van der Waals surface area contributed by atoms with E-state index in [1.54, 1.807) is 23.0 Å². The molecule has 0 saturated heterocycles. The van der Waals surface area contributed by atoms with Crippen molar-refractivity contribution in [3.05, 3.63) is 316 Å². The molecule has 6 aromatic heterocycles. The van der Waals surface area contributed by atoms with Gasteiger partial charge in [-0.3, -0.25) is 0 Å². The van der Waals surface area contributed by atoms with E-state index in [0.717, 1.165) is 44.9 Å². The SMILES string of the molecule is Cc1cc(-c2c(C)cccc2C)[n+](C)cc1C.Cc1ccc(C)c(-c2cc(C)c(C)c[n+]2C)c1.Cc1cccc(-c2c(C)ccc(C)[n+]2C)c1C.[2H]C([2H])([2H])c1c[n+](C)c(-c2c(C)cccc2C)cc1C.[2H]C([2H])([2H])c1c[n+](C)c(-c2cc(C)ccc2C)cc1C.[2H]C([2H])([2H])c1ccc(C)c(-c2cccc(C)c2C)[n+]1C. The van der Waals surface area contributed by atoms with Crippen LogP contribution in [0, 0.1) is 166 Å². The number of aromatic nitrogens is 6. The van der Waals surface area contributed by atoms with Gasteiger partial charge in [0.1, 0.15) is 42.3 Å². The first-order valence-electron chi connectivity index (χ1n) is 40.0. The minimum atomic E-state index is -2.10. The van der Waals surface area contributed by atoms with E-state index < -0.39 is 20.6 Å². The number of hydrogen-bond acceptors (Lipinski definition) is 0. The lowest BCUT2D eigenvalue weighted by Gasteiger charge is -2.10. The van der Waals surface area contributed by atoms with Crippen LogP contribution in [-0.2, 0) is 42.3 Å². The summed E-state index contributed by atoms with van der Waals surface area (Å²) < 4.78 is 80.8. The third kappa shape index (κ3) is 19.0. The van der Waals surface area contributed by atoms with Crippen molar-refractivity contribution in [3.8, 4) is 67.5 Å². The van der Waals surface area contributed by atoms with Gasteiger partial charge < -0.3 is 0 Å². The Bertz CT molecular complexity index is 5360. The average molecular weight is 1370 g/mol. The molecule has 0 atom stereocenters. The van der Waals surface area contributed by atoms with Gasteiger partial charge in [-0.1, -0.05) is 96.1 Å². The summed E-state index contributed by atoms with van der Waals surface area (Å²) in [5.41, 5.74) is 41.5. The molecule has 0 aliphatic heterocycles. The number of rotatable bonds is 6. The average Bonchev–Trinajstić information content (AvgIpc) is 0.790. The molecule has 0 bridgehead atoms. The molecule has 102 heavy (non-hydrogen) atoms. The van der Waals surface area contributed by atoms with Crippen molar-refractivity contribution in [3.63, 3.8) is 0 Å². The van der Waals surface area contributed by atoms with Gasteiger partial charge in [-0.05, 0) is 266 Å². The minimum Gasteiger partial charge on any atom is -0.201 e. The highest BCUT2D eigenvalue weighted by Gasteiger charge is 2.23. The van der Waals surface area contributed by atoms with Crippen LogP contribution < -0.4 is 27.4 Å². The second-order valence-electron chi connectivity index (χ2n) is 28.5. The fourth-order valence-corrected chi connectivity index (χ4v) is 13.2. The van der Waals surface area contributed by atoms with Crippen LogP contribution >= 0.6 is 0 Å². The Hall–Kier alpha value is -9.78. The summed E-state index contributed by atoms with van der Waals surface area (Å²) in [6.07, 6.45) is 7.85. The zero-order chi connectivity index (χ0) is 83.0. The minimum absolute atomic E-state index is 0.360. The normalized spacial score (nSPS) is 12.3. The van der Waals surface area contributed by atoms with Gasteiger partial charge in [-0.15, -0.1) is 0 Å². The molecule has 0 spiro atoms. The quantitative estimate of drug-likeness (QED) is 0.148. The van der Waals surface area contributed by atoms with Crippen LogP contribution in [-0.4, -0.2) is 0 Å². The topological polar surface area (TPSA) is 23.3 Å². The molecule has 6 heteroatoms. The predicted molar refractivity (Wildman–Crippen MR) is 432 cm³/mol. The largest absolute Gasteiger partial charge is 0.215 e. The Labute approximate surface area is 628 Å². The van der Waals surface area contributed by atoms with Crippen LogP contribution in [0.1, 0.15) is 146 Å². The van der Waals surface area contributed by atoms with Crippen LogP contribution in [0.5, 0.6) is 0 Å². The van der Waals surface area contributed by atoms with Crippen molar-refractivity contribution in [2.45, 2.75) is 166 Å². The van der Waals surface area contributed by atoms with Crippen molar-refractivity contribution in [2.75, 3.05) is 0 Å². The zero-order valence-corrected chi connectivity index (χ0v) is 66.5. The highest BCUT2D eigenvalue weighted by molar-refractivity contribution is 5.70. The van der Waals surface area contributed by atoms with Crippen molar-refractivity contribution in [1.29, 1.82) is 0 Å². The van der Waals surface area contributed by atoms with E-state index in [9.17, 15) is 0 Å². The lowest BCUT2D eigenvalue weighted by Crippen LogP contribution is -2.35. The second kappa shape index (κ2) is 34.7. The van der Waals surface area contributed by atoms with Gasteiger partial charge in [0.05, 0.1) is 11.1 Å². The summed E-state index contributed by atoms with van der Waals surface area (Å²) in [5, 5.41) is 0. The highest BCUT2D eigenvalue weighted by Crippen LogP contribution is 2.31. The van der Waals surface area contributed by atoms with Crippen LogP contribution in [0.4, 0.5) is 0 Å². The molecule has 0 amide bonds. The van der Waals surface area contributed by atoms with Crippen LogP contribution in [0.2, 0.25) is 0 Å². The summed E-state index contributed by atoms with van der Waals surface area (Å²) in [7, 11) is 12.0. The van der Waals surface area contributed by atoms with Crippen LogP contribution in [0.25, 0.3) is 67.5 Å². The van der Waals surface area contributed by atoms with Crippen molar-refractivity contribution in [1.82, 2.24) is 0 Å². The molecule has 0 aliphatic rings. The van der Waals surface area contributed by atoms with Crippen molar-refractivity contribution < 1.29 is 39.7 Å². The maximum absolute atomic E-state index is 7.65. The highest BCUT2D eigenvalue weighted by atomic mass is 15.0. The number of benzene rings is 6. The van der Waals surface area contributed by atoms with Gasteiger partial charge in [-0.25, -0.2) is 18.3 Å². The molecule has 6 heterocycles. The Balaban J connectivity index is 0.000000185. The fourth-order valence-electron chi connectivity index (χ4n) is 13.2. The predicted octanol–water partition coefficient (Wildman–Crippen LogP) is 20.5. The van der Waals surface area contributed by atoms with Gasteiger partial charge in [0.15, 0.2) is 36.2 Å². The first-order valence-corrected chi connectivity index (χ1v) is 35.5. The molecule has 6 aromatic carbocycles. The molecule has 0 fully saturated rings. The summed E-state index contributed by atoms with van der Waals surface area (Å²) in [5.74, 6) is 0. The lowest BCUT2D eigenvalue weighted by atomic mass is 9.97. The monoisotopic (exact) mass is 1370 g/mol. The summed E-state index contributed by atoms with van der Waals surface area (Å²) in [6.45, 7) is 38.0. The number of nitrogens with zero attached hydrogens (tertiary/aromatic N) is 6. The van der Waals surface area contributed by atoms with E-state index in [4.69, 9.17) is 12.3 Å². The van der Waals surface area contributed by atoms with E-state index in [0.29, 0.717) is 16.8 Å². The molecule has 0 unspecified atom stereocenters. The maximum Gasteiger partial charge on any atom is 0.215 e. The maximum atomic E-state index is 7.65. The van der Waals surface area contributed by atoms with Crippen molar-refractivity contribution in [2.24, 2.45) is 42.3 Å². The first-order chi connectivity index (χ1) is 51.7. The molecular formula is C96H120N6+6. The molecule has 0 radical (unpaired) electrons. The third-order valence-corrected chi connectivity index (χ3v) is 20.4. The number of pyridine rings is 6. The molecule has 0 N–H and O–H groups in total. The lowest BCUT2D eigenvalue weighted by molar-refractivity contribution is -0.667. The van der Waals surface area contributed by atoms with E-state index >= 15 is 0 Å². The van der Waals surface area contributed by atoms with Crippen LogP contribution in [0.3, 0.4) is 0 Å². The number of hydrogen-bond donors (Lipinski definition) is 0. The van der Waals surface area contributed by atoms with Crippen LogP contribution in [0.15, 0.2) is 183 Å². The Morgan fingerprint density at radius 3 is 0.882 bits per heavy atom. The first kappa shape index (κ1) is 66.8. The molecular weight excluding hydrogens is 1240 g/mol. The van der Waals surface area contributed by atoms with Gasteiger partial charge in [0.2, 0.25) is 34.2 Å². The van der Waals surface area contributed by atoms with Crippen molar-refractivity contribution >= 4 is 0 Å². The van der Waals surface area contributed by atoms with Gasteiger partial charge in [0, 0.05) is 118 Å². The molecule has 6 nitrogen and oxygen atoms in total. The second-order valence-corrected chi connectivity index (χ2v) is 28.5. The molecule has 0 saturated carbocycles. The standard InChI is InChI=1S/6C16H20N/c2*1-11-6-7-12(2)15(8-11)16-9-13(3)14(4)10-17(16)5;2*1-11-7-6-8-12(2)16(11)15-9-13(3)14(4)10-17(15)5;2*1-11-7-6-8-15(14(11)4)16-12(2)9-10-13(3)17(16)5/h6*6-10H,1-5H3/q6*+1/i4D3;;4D3;;3D3;.